The fourth-order valence-electron chi connectivity index (χ4n) is 1.90. The van der Waals surface area contributed by atoms with Crippen LogP contribution in [0, 0.1) is 0 Å². The van der Waals surface area contributed by atoms with Gasteiger partial charge in [0.1, 0.15) is 6.33 Å². The number of nitrogens with two attached hydrogens (primary N) is 1. The number of aromatic nitrogens is 3. The van der Waals surface area contributed by atoms with Crippen molar-refractivity contribution in [1.82, 2.24) is 14.8 Å². The Kier molecular flexibility index (Phi) is 5.46. The Hall–Kier alpha value is -1.73. The summed E-state index contributed by atoms with van der Waals surface area (Å²) in [5.74, 6) is 0.0265. The van der Waals surface area contributed by atoms with E-state index >= 15 is 0 Å². The van der Waals surface area contributed by atoms with Crippen molar-refractivity contribution in [1.29, 1.82) is 0 Å². The Balaban J connectivity index is 1.97. The highest BCUT2D eigenvalue weighted by Crippen LogP contribution is 2.12. The number of halogens is 1. The molecule has 0 bridgehead atoms. The summed E-state index contributed by atoms with van der Waals surface area (Å²) >= 11 is 3.43. The molecule has 1 atom stereocenters. The number of nitrogens with one attached hydrogen (secondary N) is 1. The molecule has 0 aliphatic rings. The van der Waals surface area contributed by atoms with Gasteiger partial charge in [0.15, 0.2) is 0 Å². The number of nitrogens with zero attached hydrogens (tertiary/aromatic N) is 3. The van der Waals surface area contributed by atoms with Gasteiger partial charge in [0.25, 0.3) is 0 Å². The first kappa shape index (κ1) is 15.7. The Morgan fingerprint density at radius 3 is 3.05 bits per heavy atom. The summed E-state index contributed by atoms with van der Waals surface area (Å²) in [5, 5.41) is 6.85. The molecule has 7 heteroatoms. The highest BCUT2D eigenvalue weighted by atomic mass is 79.9. The van der Waals surface area contributed by atoms with Crippen LogP contribution < -0.4 is 11.1 Å². The topological polar surface area (TPSA) is 85.8 Å². The van der Waals surface area contributed by atoms with E-state index in [0.29, 0.717) is 13.0 Å². The molecule has 1 heterocycles. The Morgan fingerprint density at radius 1 is 1.52 bits per heavy atom. The van der Waals surface area contributed by atoms with Gasteiger partial charge in [0.05, 0.1) is 12.6 Å². The van der Waals surface area contributed by atoms with Crippen LogP contribution in [0.15, 0.2) is 35.1 Å². The standard InChI is InChI=1S/C14H18BrN5O/c1-2-4-12(16)13(21)18-14-17-9-20(19-14)8-10-5-3-6-11(15)7-10/h3,5-7,9,12H,2,4,8,16H2,1H3,(H,18,19,21). The number of amides is 1. The number of carbonyl (C=O) groups is 1. The lowest BCUT2D eigenvalue weighted by atomic mass is 10.2. The maximum absolute atomic E-state index is 11.8. The molecule has 0 saturated carbocycles. The summed E-state index contributed by atoms with van der Waals surface area (Å²) < 4.78 is 2.68. The van der Waals surface area contributed by atoms with Gasteiger partial charge in [-0.1, -0.05) is 41.4 Å². The first-order chi connectivity index (χ1) is 10.1. The first-order valence-electron chi connectivity index (χ1n) is 6.79. The largest absolute Gasteiger partial charge is 0.320 e. The lowest BCUT2D eigenvalue weighted by molar-refractivity contribution is -0.117. The van der Waals surface area contributed by atoms with Crippen molar-refractivity contribution in [3.63, 3.8) is 0 Å². The van der Waals surface area contributed by atoms with E-state index in [1.807, 2.05) is 31.2 Å². The molecule has 0 aliphatic heterocycles. The molecule has 3 N–H and O–H groups in total. The third kappa shape index (κ3) is 4.64. The third-order valence-corrected chi connectivity index (χ3v) is 3.43. The quantitative estimate of drug-likeness (QED) is 0.834. The number of hydrogen-bond acceptors (Lipinski definition) is 4. The number of rotatable bonds is 6. The molecule has 6 nitrogen and oxygen atoms in total. The summed E-state index contributed by atoms with van der Waals surface area (Å²) in [4.78, 5) is 15.9. The predicted octanol–water partition coefficient (Wildman–Crippen LogP) is 2.15. The molecule has 2 aromatic rings. The second-order valence-electron chi connectivity index (χ2n) is 4.78. The first-order valence-corrected chi connectivity index (χ1v) is 7.58. The lowest BCUT2D eigenvalue weighted by Gasteiger charge is -2.08. The van der Waals surface area contributed by atoms with Gasteiger partial charge in [-0.3, -0.25) is 10.1 Å². The molecule has 1 amide bonds. The summed E-state index contributed by atoms with van der Waals surface area (Å²) in [7, 11) is 0. The van der Waals surface area contributed by atoms with Crippen LogP contribution in [-0.2, 0) is 11.3 Å². The summed E-state index contributed by atoms with van der Waals surface area (Å²) in [6, 6.07) is 7.42. The minimum atomic E-state index is -0.521. The van der Waals surface area contributed by atoms with Crippen LogP contribution in [0.1, 0.15) is 25.3 Å². The Morgan fingerprint density at radius 2 is 2.33 bits per heavy atom. The number of benzene rings is 1. The third-order valence-electron chi connectivity index (χ3n) is 2.94. The van der Waals surface area contributed by atoms with Gasteiger partial charge in [0.2, 0.25) is 11.9 Å². The van der Waals surface area contributed by atoms with Crippen LogP contribution >= 0.6 is 15.9 Å². The van der Waals surface area contributed by atoms with Gasteiger partial charge in [-0.2, -0.15) is 0 Å². The lowest BCUT2D eigenvalue weighted by Crippen LogP contribution is -2.35. The van der Waals surface area contributed by atoms with Gasteiger partial charge in [-0.05, 0) is 24.1 Å². The molecular weight excluding hydrogens is 334 g/mol. The van der Waals surface area contributed by atoms with E-state index in [9.17, 15) is 4.79 Å². The zero-order chi connectivity index (χ0) is 15.2. The fraction of sp³-hybridized carbons (Fsp3) is 0.357. The molecule has 0 radical (unpaired) electrons. The van der Waals surface area contributed by atoms with Crippen LogP contribution in [0.3, 0.4) is 0 Å². The Bertz CT molecular complexity index is 613. The summed E-state index contributed by atoms with van der Waals surface area (Å²) in [6.45, 7) is 2.57. The number of anilines is 1. The number of carbonyl (C=O) groups excluding carboxylic acids is 1. The average molecular weight is 352 g/mol. The van der Waals surface area contributed by atoms with Gasteiger partial charge < -0.3 is 5.73 Å². The van der Waals surface area contributed by atoms with Crippen molar-refractivity contribution in [3.05, 3.63) is 40.6 Å². The zero-order valence-electron chi connectivity index (χ0n) is 11.8. The monoisotopic (exact) mass is 351 g/mol. The number of hydrogen-bond donors (Lipinski definition) is 2. The van der Waals surface area contributed by atoms with E-state index in [4.69, 9.17) is 5.73 Å². The maximum atomic E-state index is 11.8. The normalized spacial score (nSPS) is 12.1. The molecule has 112 valence electrons. The molecule has 21 heavy (non-hydrogen) atoms. The van der Waals surface area contributed by atoms with Gasteiger partial charge in [-0.15, -0.1) is 5.10 Å². The van der Waals surface area contributed by atoms with Crippen LogP contribution in [0.5, 0.6) is 0 Å². The zero-order valence-corrected chi connectivity index (χ0v) is 13.4. The van der Waals surface area contributed by atoms with Crippen LogP contribution in [-0.4, -0.2) is 26.7 Å². The molecular formula is C14H18BrN5O. The van der Waals surface area contributed by atoms with Crippen molar-refractivity contribution in [3.8, 4) is 0 Å². The van der Waals surface area contributed by atoms with Crippen molar-refractivity contribution in [2.45, 2.75) is 32.4 Å². The summed E-state index contributed by atoms with van der Waals surface area (Å²) in [6.07, 6.45) is 3.09. The minimum absolute atomic E-state index is 0.253. The molecule has 0 saturated heterocycles. The van der Waals surface area contributed by atoms with E-state index in [-0.39, 0.29) is 11.9 Å². The molecule has 0 fully saturated rings. The average Bonchev–Trinajstić information content (AvgIpc) is 2.86. The van der Waals surface area contributed by atoms with E-state index in [2.05, 4.69) is 31.3 Å². The van der Waals surface area contributed by atoms with Crippen molar-refractivity contribution >= 4 is 27.8 Å². The highest BCUT2D eigenvalue weighted by Gasteiger charge is 2.14. The van der Waals surface area contributed by atoms with Crippen LogP contribution in [0.4, 0.5) is 5.95 Å². The van der Waals surface area contributed by atoms with Gasteiger partial charge >= 0.3 is 0 Å². The summed E-state index contributed by atoms with van der Waals surface area (Å²) in [5.41, 5.74) is 6.84. The fourth-order valence-corrected chi connectivity index (χ4v) is 2.34. The predicted molar refractivity (Wildman–Crippen MR) is 84.8 cm³/mol. The molecule has 1 aromatic heterocycles. The molecule has 0 spiro atoms. The van der Waals surface area contributed by atoms with Gasteiger partial charge in [-0.25, -0.2) is 9.67 Å². The SMILES string of the molecule is CCCC(N)C(=O)Nc1ncn(Cc2cccc(Br)c2)n1. The van der Waals surface area contributed by atoms with E-state index in [1.165, 1.54) is 0 Å². The molecule has 0 aliphatic carbocycles. The van der Waals surface area contributed by atoms with Crippen LogP contribution in [0.2, 0.25) is 0 Å². The van der Waals surface area contributed by atoms with E-state index in [1.54, 1.807) is 11.0 Å². The van der Waals surface area contributed by atoms with E-state index < -0.39 is 6.04 Å². The molecule has 2 rings (SSSR count). The maximum Gasteiger partial charge on any atom is 0.248 e. The Labute approximate surface area is 131 Å². The second kappa shape index (κ2) is 7.33. The van der Waals surface area contributed by atoms with Crippen molar-refractivity contribution in [2.24, 2.45) is 5.73 Å². The molecule has 1 unspecified atom stereocenters. The highest BCUT2D eigenvalue weighted by molar-refractivity contribution is 9.10. The molecule has 1 aromatic carbocycles. The minimum Gasteiger partial charge on any atom is -0.320 e. The van der Waals surface area contributed by atoms with Crippen molar-refractivity contribution in [2.75, 3.05) is 5.32 Å². The van der Waals surface area contributed by atoms with Crippen LogP contribution in [0.25, 0.3) is 0 Å². The second-order valence-corrected chi connectivity index (χ2v) is 5.70. The van der Waals surface area contributed by atoms with Gasteiger partial charge in [0, 0.05) is 4.47 Å². The van der Waals surface area contributed by atoms with E-state index in [0.717, 1.165) is 16.5 Å². The smallest absolute Gasteiger partial charge is 0.248 e. The van der Waals surface area contributed by atoms with Crippen molar-refractivity contribution < 1.29 is 4.79 Å².